The molecule has 0 saturated carbocycles. The first kappa shape index (κ1) is 21.7. The van der Waals surface area contributed by atoms with Crippen molar-refractivity contribution in [2.24, 2.45) is 5.92 Å². The minimum Gasteiger partial charge on any atom is -0.335 e. The Morgan fingerprint density at radius 3 is 2.82 bits per heavy atom. The Morgan fingerprint density at radius 2 is 2.00 bits per heavy atom. The SMILES string of the molecule is N#Cc1ccc(Cn2cncc2CC[C@H]2CCN([C@@H]3CCCc4ccc(Cl)cc43)C2=O)cc1. The molecule has 5 rings (SSSR count). The number of imidazole rings is 1. The number of halogens is 1. The van der Waals surface area contributed by atoms with Gasteiger partial charge in [-0.25, -0.2) is 4.98 Å². The van der Waals surface area contributed by atoms with Crippen LogP contribution in [0.15, 0.2) is 55.0 Å². The second-order valence-electron chi connectivity index (χ2n) is 9.13. The van der Waals surface area contributed by atoms with Gasteiger partial charge in [0.1, 0.15) is 0 Å². The maximum Gasteiger partial charge on any atom is 0.226 e. The van der Waals surface area contributed by atoms with Gasteiger partial charge in [0, 0.05) is 35.9 Å². The number of hydrogen-bond acceptors (Lipinski definition) is 3. The number of aryl methyl sites for hydroxylation is 2. The fraction of sp³-hybridized carbons (Fsp3) is 0.370. The van der Waals surface area contributed by atoms with Crippen LogP contribution in [-0.2, 0) is 24.2 Å². The predicted octanol–water partition coefficient (Wildman–Crippen LogP) is 5.32. The van der Waals surface area contributed by atoms with E-state index in [1.165, 1.54) is 11.1 Å². The lowest BCUT2D eigenvalue weighted by atomic mass is 9.87. The van der Waals surface area contributed by atoms with Gasteiger partial charge in [0.15, 0.2) is 0 Å². The summed E-state index contributed by atoms with van der Waals surface area (Å²) in [6.07, 6.45) is 9.52. The Bertz CT molecular complexity index is 1190. The summed E-state index contributed by atoms with van der Waals surface area (Å²) in [7, 11) is 0. The summed E-state index contributed by atoms with van der Waals surface area (Å²) in [4.78, 5) is 19.8. The molecule has 5 nitrogen and oxygen atoms in total. The van der Waals surface area contributed by atoms with Crippen molar-refractivity contribution in [3.63, 3.8) is 0 Å². The van der Waals surface area contributed by atoms with Gasteiger partial charge in [-0.3, -0.25) is 4.79 Å². The molecular formula is C27H27ClN4O. The fourth-order valence-corrected chi connectivity index (χ4v) is 5.49. The molecule has 0 radical (unpaired) electrons. The van der Waals surface area contributed by atoms with Crippen LogP contribution in [0.2, 0.25) is 5.02 Å². The van der Waals surface area contributed by atoms with Crippen LogP contribution >= 0.6 is 11.6 Å². The molecule has 1 aromatic heterocycles. The molecular weight excluding hydrogens is 432 g/mol. The van der Waals surface area contributed by atoms with Gasteiger partial charge in [0.05, 0.1) is 24.0 Å². The lowest BCUT2D eigenvalue weighted by Gasteiger charge is -2.33. The van der Waals surface area contributed by atoms with Gasteiger partial charge in [0.25, 0.3) is 0 Å². The molecule has 3 aromatic rings. The lowest BCUT2D eigenvalue weighted by molar-refractivity contribution is -0.133. The highest BCUT2D eigenvalue weighted by Gasteiger charge is 2.37. The molecule has 1 aliphatic carbocycles. The number of rotatable bonds is 6. The summed E-state index contributed by atoms with van der Waals surface area (Å²) in [5.74, 6) is 0.346. The van der Waals surface area contributed by atoms with Crippen LogP contribution in [0.5, 0.6) is 0 Å². The minimum absolute atomic E-state index is 0.0628. The molecule has 0 bridgehead atoms. The van der Waals surface area contributed by atoms with Crippen molar-refractivity contribution < 1.29 is 4.79 Å². The maximum absolute atomic E-state index is 13.3. The fourth-order valence-electron chi connectivity index (χ4n) is 5.31. The van der Waals surface area contributed by atoms with E-state index in [4.69, 9.17) is 16.9 Å². The highest BCUT2D eigenvalue weighted by atomic mass is 35.5. The summed E-state index contributed by atoms with van der Waals surface area (Å²) >= 11 is 6.28. The van der Waals surface area contributed by atoms with E-state index < -0.39 is 0 Å². The van der Waals surface area contributed by atoms with Gasteiger partial charge in [-0.05, 0) is 79.5 Å². The molecule has 168 valence electrons. The highest BCUT2D eigenvalue weighted by Crippen LogP contribution is 2.39. The van der Waals surface area contributed by atoms with E-state index in [-0.39, 0.29) is 17.9 Å². The van der Waals surface area contributed by atoms with E-state index in [2.05, 4.69) is 32.7 Å². The number of likely N-dealkylation sites (tertiary alicyclic amines) is 1. The molecule has 1 aliphatic heterocycles. The summed E-state index contributed by atoms with van der Waals surface area (Å²) in [6.45, 7) is 1.54. The van der Waals surface area contributed by atoms with E-state index in [9.17, 15) is 4.79 Å². The average molecular weight is 459 g/mol. The van der Waals surface area contributed by atoms with Crippen LogP contribution in [0.4, 0.5) is 0 Å². The zero-order valence-corrected chi connectivity index (χ0v) is 19.3. The Kier molecular flexibility index (Phi) is 6.20. The van der Waals surface area contributed by atoms with Crippen molar-refractivity contribution in [3.05, 3.63) is 88.0 Å². The average Bonchev–Trinajstić information content (AvgIpc) is 3.43. The molecule has 33 heavy (non-hydrogen) atoms. The van der Waals surface area contributed by atoms with Crippen LogP contribution in [0, 0.1) is 17.2 Å². The third-order valence-corrected chi connectivity index (χ3v) is 7.34. The molecule has 0 spiro atoms. The number of aromatic nitrogens is 2. The summed E-state index contributed by atoms with van der Waals surface area (Å²) in [5, 5.41) is 9.73. The molecule has 2 aliphatic rings. The topological polar surface area (TPSA) is 61.9 Å². The molecule has 0 unspecified atom stereocenters. The normalized spacial score (nSPS) is 20.0. The first-order valence-electron chi connectivity index (χ1n) is 11.7. The van der Waals surface area contributed by atoms with Gasteiger partial charge in [-0.1, -0.05) is 29.8 Å². The molecule has 0 N–H and O–H groups in total. The number of nitriles is 1. The Morgan fingerprint density at radius 1 is 1.15 bits per heavy atom. The molecule has 2 atom stereocenters. The van der Waals surface area contributed by atoms with Crippen molar-refractivity contribution in [1.82, 2.24) is 14.5 Å². The number of nitrogens with zero attached hydrogens (tertiary/aromatic N) is 4. The molecule has 1 saturated heterocycles. The van der Waals surface area contributed by atoms with E-state index in [0.717, 1.165) is 61.3 Å². The van der Waals surface area contributed by atoms with E-state index >= 15 is 0 Å². The van der Waals surface area contributed by atoms with Crippen molar-refractivity contribution >= 4 is 17.5 Å². The number of carbonyl (C=O) groups is 1. The summed E-state index contributed by atoms with van der Waals surface area (Å²) in [5.41, 5.74) is 5.50. The summed E-state index contributed by atoms with van der Waals surface area (Å²) in [6, 6.07) is 16.1. The Hall–Kier alpha value is -3.10. The smallest absolute Gasteiger partial charge is 0.226 e. The summed E-state index contributed by atoms with van der Waals surface area (Å²) < 4.78 is 2.14. The van der Waals surface area contributed by atoms with Crippen molar-refractivity contribution in [3.8, 4) is 6.07 Å². The highest BCUT2D eigenvalue weighted by molar-refractivity contribution is 6.30. The van der Waals surface area contributed by atoms with E-state index in [0.29, 0.717) is 12.1 Å². The number of amides is 1. The molecule has 2 aromatic carbocycles. The third-order valence-electron chi connectivity index (χ3n) is 7.10. The Labute approximate surface area is 199 Å². The van der Waals surface area contributed by atoms with Crippen molar-refractivity contribution in [2.45, 2.75) is 51.1 Å². The van der Waals surface area contributed by atoms with Gasteiger partial charge < -0.3 is 9.47 Å². The van der Waals surface area contributed by atoms with Gasteiger partial charge in [-0.15, -0.1) is 0 Å². The van der Waals surface area contributed by atoms with Crippen molar-refractivity contribution in [1.29, 1.82) is 5.26 Å². The first-order valence-corrected chi connectivity index (χ1v) is 12.1. The zero-order valence-electron chi connectivity index (χ0n) is 18.6. The third kappa shape index (κ3) is 4.54. The van der Waals surface area contributed by atoms with Gasteiger partial charge >= 0.3 is 0 Å². The van der Waals surface area contributed by atoms with Crippen LogP contribution in [-0.4, -0.2) is 26.9 Å². The number of hydrogen-bond donors (Lipinski definition) is 0. The quantitative estimate of drug-likeness (QED) is 0.502. The van der Waals surface area contributed by atoms with Crippen LogP contribution < -0.4 is 0 Å². The lowest BCUT2D eigenvalue weighted by Crippen LogP contribution is -2.34. The monoisotopic (exact) mass is 458 g/mol. The van der Waals surface area contributed by atoms with Crippen LogP contribution in [0.1, 0.15) is 59.7 Å². The molecule has 2 heterocycles. The molecule has 1 fully saturated rings. The second-order valence-corrected chi connectivity index (χ2v) is 9.57. The second kappa shape index (κ2) is 9.41. The predicted molar refractivity (Wildman–Crippen MR) is 128 cm³/mol. The van der Waals surface area contributed by atoms with Crippen molar-refractivity contribution in [2.75, 3.05) is 6.54 Å². The van der Waals surface area contributed by atoms with E-state index in [1.807, 2.05) is 42.9 Å². The molecule has 6 heteroatoms. The Balaban J connectivity index is 1.23. The van der Waals surface area contributed by atoms with Crippen LogP contribution in [0.25, 0.3) is 0 Å². The zero-order chi connectivity index (χ0) is 22.8. The largest absolute Gasteiger partial charge is 0.335 e. The first-order chi connectivity index (χ1) is 16.1. The number of benzene rings is 2. The van der Waals surface area contributed by atoms with Gasteiger partial charge in [0.2, 0.25) is 5.91 Å². The standard InChI is InChI=1S/C27H27ClN4O/c28-23-10-8-21-2-1-3-26(25(21)14-23)32-13-12-22(27(32)33)9-11-24-16-30-18-31(24)17-20-6-4-19(15-29)5-7-20/h4-8,10,14,16,18,22,26H,1-3,9,11-13,17H2/t22-,26+/m0/s1. The number of fused-ring (bicyclic) bond motifs is 1. The van der Waals surface area contributed by atoms with Gasteiger partial charge in [-0.2, -0.15) is 5.26 Å². The van der Waals surface area contributed by atoms with E-state index in [1.54, 1.807) is 0 Å². The van der Waals surface area contributed by atoms with Crippen LogP contribution in [0.3, 0.4) is 0 Å². The number of carbonyl (C=O) groups excluding carboxylic acids is 1. The minimum atomic E-state index is 0.0628. The maximum atomic E-state index is 13.3. The molecule has 1 amide bonds.